The molecule has 3 rings (SSSR count). The minimum atomic E-state index is -0.222. The number of carbonyl (C=O) groups is 1. The molecule has 3 N–H and O–H groups in total. The van der Waals surface area contributed by atoms with Gasteiger partial charge in [0.1, 0.15) is 44.3 Å². The van der Waals surface area contributed by atoms with E-state index in [1.54, 1.807) is 19.2 Å². The maximum Gasteiger partial charge on any atom is 0.278 e. The molecule has 1 heterocycles. The molecular weight excluding hydrogens is 309 g/mol. The van der Waals surface area contributed by atoms with Gasteiger partial charge in [-0.3, -0.25) is 4.79 Å². The van der Waals surface area contributed by atoms with Gasteiger partial charge in [-0.25, -0.2) is 4.39 Å². The number of quaternary nitrogens is 2. The highest BCUT2D eigenvalue weighted by molar-refractivity contribution is 5.80. The Morgan fingerprint density at radius 2 is 2.04 bits per heavy atom. The second-order valence-electron chi connectivity index (χ2n) is 7.05. The minimum Gasteiger partial charge on any atom is -0.496 e. The molecule has 132 valence electrons. The lowest BCUT2D eigenvalue weighted by molar-refractivity contribution is -1.02. The molecule has 2 fully saturated rings. The highest BCUT2D eigenvalue weighted by Gasteiger charge is 2.33. The molecule has 6 heteroatoms. The Labute approximate surface area is 142 Å². The van der Waals surface area contributed by atoms with E-state index >= 15 is 0 Å². The first kappa shape index (κ1) is 17.2. The lowest BCUT2D eigenvalue weighted by Gasteiger charge is -2.32. The van der Waals surface area contributed by atoms with Gasteiger partial charge < -0.3 is 19.9 Å². The van der Waals surface area contributed by atoms with E-state index in [0.29, 0.717) is 6.04 Å². The van der Waals surface area contributed by atoms with Crippen molar-refractivity contribution < 1.29 is 23.7 Å². The normalized spacial score (nSPS) is 25.1. The van der Waals surface area contributed by atoms with E-state index in [2.05, 4.69) is 5.32 Å². The number of amides is 1. The standard InChI is InChI=1S/C18H26FN3O2/c1-13(18(23)20-16-4-5-16)22-9-7-21(8-10-22)12-14-11-15(19)3-6-17(14)24-2/h3,6,11,13,16H,4-5,7-10,12H2,1-2H3,(H,20,23)/p+2/t13-/m0/s1. The average Bonchev–Trinajstić information content (AvgIpc) is 3.39. The molecule has 1 aromatic rings. The van der Waals surface area contributed by atoms with Crippen molar-refractivity contribution >= 4 is 5.91 Å². The number of nitrogens with one attached hydrogen (secondary N) is 3. The molecule has 0 unspecified atom stereocenters. The number of methoxy groups -OCH3 is 1. The van der Waals surface area contributed by atoms with E-state index in [1.807, 2.05) is 6.92 Å². The van der Waals surface area contributed by atoms with Gasteiger partial charge in [-0.05, 0) is 38.0 Å². The van der Waals surface area contributed by atoms with Crippen LogP contribution in [0.25, 0.3) is 0 Å². The fourth-order valence-corrected chi connectivity index (χ4v) is 3.43. The molecule has 1 saturated carbocycles. The molecule has 0 aromatic heterocycles. The first-order valence-corrected chi connectivity index (χ1v) is 8.87. The average molecular weight is 337 g/mol. The van der Waals surface area contributed by atoms with Gasteiger partial charge in [-0.15, -0.1) is 0 Å². The van der Waals surface area contributed by atoms with E-state index in [9.17, 15) is 9.18 Å². The summed E-state index contributed by atoms with van der Waals surface area (Å²) in [5.74, 6) is 0.707. The van der Waals surface area contributed by atoms with Crippen molar-refractivity contribution in [3.05, 3.63) is 29.6 Å². The minimum absolute atomic E-state index is 0.0101. The van der Waals surface area contributed by atoms with E-state index in [1.165, 1.54) is 15.9 Å². The van der Waals surface area contributed by atoms with Crippen LogP contribution in [-0.4, -0.2) is 51.3 Å². The smallest absolute Gasteiger partial charge is 0.278 e. The van der Waals surface area contributed by atoms with Crippen LogP contribution in [0.4, 0.5) is 4.39 Å². The lowest BCUT2D eigenvalue weighted by Crippen LogP contribution is -3.29. The molecule has 1 atom stereocenters. The summed E-state index contributed by atoms with van der Waals surface area (Å²) in [5.41, 5.74) is 0.912. The van der Waals surface area contributed by atoms with E-state index in [-0.39, 0.29) is 17.8 Å². The number of piperazine rings is 1. The number of hydrogen-bond acceptors (Lipinski definition) is 2. The zero-order valence-electron chi connectivity index (χ0n) is 14.5. The Hall–Kier alpha value is -1.66. The number of hydrogen-bond donors (Lipinski definition) is 3. The van der Waals surface area contributed by atoms with Gasteiger partial charge in [0.05, 0.1) is 12.7 Å². The third kappa shape index (κ3) is 4.24. The van der Waals surface area contributed by atoms with Crippen molar-refractivity contribution in [2.45, 2.75) is 38.4 Å². The lowest BCUT2D eigenvalue weighted by atomic mass is 10.1. The summed E-state index contributed by atoms with van der Waals surface area (Å²) >= 11 is 0. The number of ether oxygens (including phenoxy) is 1. The highest BCUT2D eigenvalue weighted by Crippen LogP contribution is 2.19. The van der Waals surface area contributed by atoms with Gasteiger partial charge in [0, 0.05) is 6.04 Å². The first-order valence-electron chi connectivity index (χ1n) is 8.87. The number of rotatable bonds is 6. The van der Waals surface area contributed by atoms with Gasteiger partial charge in [0.25, 0.3) is 5.91 Å². The van der Waals surface area contributed by atoms with Crippen molar-refractivity contribution in [1.82, 2.24) is 5.32 Å². The van der Waals surface area contributed by atoms with Gasteiger partial charge in [-0.1, -0.05) is 0 Å². The Morgan fingerprint density at radius 3 is 2.67 bits per heavy atom. The predicted molar refractivity (Wildman–Crippen MR) is 88.7 cm³/mol. The molecular formula is C18H28FN3O2+2. The molecule has 0 radical (unpaired) electrons. The second-order valence-corrected chi connectivity index (χ2v) is 7.05. The van der Waals surface area contributed by atoms with Crippen LogP contribution in [0.2, 0.25) is 0 Å². The zero-order valence-corrected chi connectivity index (χ0v) is 14.5. The van der Waals surface area contributed by atoms with Crippen LogP contribution in [-0.2, 0) is 11.3 Å². The van der Waals surface area contributed by atoms with Crippen LogP contribution in [0.15, 0.2) is 18.2 Å². The van der Waals surface area contributed by atoms with Crippen LogP contribution in [0.3, 0.4) is 0 Å². The summed E-state index contributed by atoms with van der Waals surface area (Å²) in [6.45, 7) is 6.68. The molecule has 1 aliphatic heterocycles. The van der Waals surface area contributed by atoms with E-state index < -0.39 is 0 Å². The number of halogens is 1. The van der Waals surface area contributed by atoms with Crippen LogP contribution < -0.4 is 19.9 Å². The van der Waals surface area contributed by atoms with Gasteiger partial charge in [0.2, 0.25) is 0 Å². The van der Waals surface area contributed by atoms with Crippen LogP contribution >= 0.6 is 0 Å². The first-order chi connectivity index (χ1) is 11.6. The summed E-state index contributed by atoms with van der Waals surface area (Å²) in [4.78, 5) is 15.0. The van der Waals surface area contributed by atoms with Crippen LogP contribution in [0.1, 0.15) is 25.3 Å². The van der Waals surface area contributed by atoms with Gasteiger partial charge in [-0.2, -0.15) is 0 Å². The molecule has 2 aliphatic rings. The largest absolute Gasteiger partial charge is 0.496 e. The fraction of sp³-hybridized carbons (Fsp3) is 0.611. The molecule has 0 bridgehead atoms. The molecule has 1 saturated heterocycles. The summed E-state index contributed by atoms with van der Waals surface area (Å²) in [5, 5.41) is 3.10. The highest BCUT2D eigenvalue weighted by atomic mass is 19.1. The maximum atomic E-state index is 13.5. The molecule has 0 spiro atoms. The Bertz CT molecular complexity index is 584. The summed E-state index contributed by atoms with van der Waals surface area (Å²) in [6, 6.07) is 5.12. The monoisotopic (exact) mass is 337 g/mol. The Kier molecular flexibility index (Phi) is 5.36. The predicted octanol–water partition coefficient (Wildman–Crippen LogP) is -1.22. The Balaban J connectivity index is 1.51. The molecule has 5 nitrogen and oxygen atoms in total. The zero-order chi connectivity index (χ0) is 17.1. The topological polar surface area (TPSA) is 47.2 Å². The van der Waals surface area contributed by atoms with E-state index in [0.717, 1.165) is 56.9 Å². The summed E-state index contributed by atoms with van der Waals surface area (Å²) in [7, 11) is 1.62. The van der Waals surface area contributed by atoms with Gasteiger partial charge in [0.15, 0.2) is 6.04 Å². The van der Waals surface area contributed by atoms with Crippen molar-refractivity contribution in [3.63, 3.8) is 0 Å². The molecule has 1 amide bonds. The van der Waals surface area contributed by atoms with E-state index in [4.69, 9.17) is 4.74 Å². The number of carbonyl (C=O) groups excluding carboxylic acids is 1. The number of benzene rings is 1. The van der Waals surface area contributed by atoms with Crippen molar-refractivity contribution in [1.29, 1.82) is 0 Å². The third-order valence-corrected chi connectivity index (χ3v) is 5.21. The Morgan fingerprint density at radius 1 is 1.33 bits per heavy atom. The molecule has 24 heavy (non-hydrogen) atoms. The van der Waals surface area contributed by atoms with Crippen molar-refractivity contribution in [2.24, 2.45) is 0 Å². The molecule has 1 aromatic carbocycles. The quantitative estimate of drug-likeness (QED) is 0.610. The third-order valence-electron chi connectivity index (χ3n) is 5.21. The van der Waals surface area contributed by atoms with Crippen molar-refractivity contribution in [3.8, 4) is 5.75 Å². The second kappa shape index (κ2) is 7.49. The molecule has 1 aliphatic carbocycles. The van der Waals surface area contributed by atoms with Gasteiger partial charge >= 0.3 is 0 Å². The van der Waals surface area contributed by atoms with Crippen molar-refractivity contribution in [2.75, 3.05) is 33.3 Å². The SMILES string of the molecule is COc1ccc(F)cc1C[NH+]1CC[NH+]([C@@H](C)C(=O)NC2CC2)CC1. The van der Waals surface area contributed by atoms with Crippen LogP contribution in [0.5, 0.6) is 5.75 Å². The summed E-state index contributed by atoms with van der Waals surface area (Å²) in [6.07, 6.45) is 2.25. The fourth-order valence-electron chi connectivity index (χ4n) is 3.43. The van der Waals surface area contributed by atoms with Crippen LogP contribution in [0, 0.1) is 5.82 Å². The summed E-state index contributed by atoms with van der Waals surface area (Å²) < 4.78 is 18.8. The maximum absolute atomic E-state index is 13.5.